The van der Waals surface area contributed by atoms with Crippen LogP contribution in [0.2, 0.25) is 0 Å². The third-order valence-electron chi connectivity index (χ3n) is 3.06. The zero-order valence-electron chi connectivity index (χ0n) is 9.76. The molecule has 2 heterocycles. The van der Waals surface area contributed by atoms with Crippen molar-refractivity contribution < 1.29 is 8.83 Å². The number of halogens is 1. The summed E-state index contributed by atoms with van der Waals surface area (Å²) in [6.07, 6.45) is 0. The van der Waals surface area contributed by atoms with Gasteiger partial charge in [0.25, 0.3) is 5.89 Å². The maximum Gasteiger partial charge on any atom is 0.264 e. The minimum atomic E-state index is 0.497. The molecule has 4 aromatic rings. The summed E-state index contributed by atoms with van der Waals surface area (Å²) < 4.78 is 12.0. The van der Waals surface area contributed by atoms with Gasteiger partial charge in [-0.1, -0.05) is 30.3 Å². The molecule has 0 amide bonds. The summed E-state index contributed by atoms with van der Waals surface area (Å²) in [6.45, 7) is 0. The number of benzene rings is 2. The van der Waals surface area contributed by atoms with Gasteiger partial charge in [-0.05, 0) is 39.5 Å². The van der Waals surface area contributed by atoms with Crippen LogP contribution >= 0.6 is 15.9 Å². The Hall–Kier alpha value is -2.07. The number of furan rings is 1. The van der Waals surface area contributed by atoms with Crippen molar-refractivity contribution >= 4 is 37.8 Å². The van der Waals surface area contributed by atoms with Gasteiger partial charge in [-0.25, -0.2) is 4.98 Å². The molecule has 0 aliphatic carbocycles. The third-order valence-corrected chi connectivity index (χ3v) is 3.49. The zero-order chi connectivity index (χ0) is 12.8. The van der Waals surface area contributed by atoms with E-state index in [1.165, 1.54) is 0 Å². The van der Waals surface area contributed by atoms with Gasteiger partial charge < -0.3 is 8.83 Å². The second kappa shape index (κ2) is 3.96. The van der Waals surface area contributed by atoms with Gasteiger partial charge in [0.05, 0.1) is 0 Å². The van der Waals surface area contributed by atoms with E-state index in [0.29, 0.717) is 16.3 Å². The van der Waals surface area contributed by atoms with Gasteiger partial charge in [0.15, 0.2) is 16.0 Å². The summed E-state index contributed by atoms with van der Waals surface area (Å²) in [6, 6.07) is 15.7. The first-order valence-electron chi connectivity index (χ1n) is 5.85. The molecule has 0 aliphatic rings. The fourth-order valence-electron chi connectivity index (χ4n) is 2.19. The molecule has 0 N–H and O–H groups in total. The zero-order valence-corrected chi connectivity index (χ0v) is 11.3. The lowest BCUT2D eigenvalue weighted by Gasteiger charge is -1.95. The van der Waals surface area contributed by atoms with Crippen LogP contribution in [0.15, 0.2) is 62.0 Å². The Morgan fingerprint density at radius 2 is 1.79 bits per heavy atom. The molecule has 2 aromatic heterocycles. The predicted molar refractivity (Wildman–Crippen MR) is 76.9 cm³/mol. The Balaban J connectivity index is 2.03. The summed E-state index contributed by atoms with van der Waals surface area (Å²) in [5.41, 5.74) is 1.63. The largest absolute Gasteiger partial charge is 0.444 e. The molecule has 0 spiro atoms. The van der Waals surface area contributed by atoms with Crippen molar-refractivity contribution in [2.24, 2.45) is 0 Å². The fraction of sp³-hybridized carbons (Fsp3) is 0. The SMILES string of the molecule is Brc1ccc(-c2nc3ccc4ccccc4c3o2)o1. The van der Waals surface area contributed by atoms with Crippen LogP contribution in [0.4, 0.5) is 0 Å². The molecule has 4 heteroatoms. The first-order valence-corrected chi connectivity index (χ1v) is 6.64. The second-order valence-corrected chi connectivity index (χ2v) is 5.04. The van der Waals surface area contributed by atoms with E-state index in [-0.39, 0.29) is 0 Å². The monoisotopic (exact) mass is 313 g/mol. The number of hydrogen-bond acceptors (Lipinski definition) is 3. The first-order chi connectivity index (χ1) is 9.31. The molecular formula is C15H8BrNO2. The number of oxazole rings is 1. The van der Waals surface area contributed by atoms with Gasteiger partial charge in [0.1, 0.15) is 5.52 Å². The molecule has 3 nitrogen and oxygen atoms in total. The molecule has 4 rings (SSSR count). The topological polar surface area (TPSA) is 39.2 Å². The van der Waals surface area contributed by atoms with E-state index in [0.717, 1.165) is 21.9 Å². The lowest BCUT2D eigenvalue weighted by Crippen LogP contribution is -1.73. The lowest BCUT2D eigenvalue weighted by molar-refractivity contribution is 0.519. The normalized spacial score (nSPS) is 11.4. The average Bonchev–Trinajstić information content (AvgIpc) is 3.04. The highest BCUT2D eigenvalue weighted by atomic mass is 79.9. The molecule has 19 heavy (non-hydrogen) atoms. The molecule has 0 saturated carbocycles. The quantitative estimate of drug-likeness (QED) is 0.496. The van der Waals surface area contributed by atoms with Gasteiger partial charge in [0.2, 0.25) is 0 Å². The van der Waals surface area contributed by atoms with Gasteiger partial charge in [-0.3, -0.25) is 0 Å². The Morgan fingerprint density at radius 3 is 2.63 bits per heavy atom. The summed E-state index contributed by atoms with van der Waals surface area (Å²) in [7, 11) is 0. The maximum absolute atomic E-state index is 5.86. The highest BCUT2D eigenvalue weighted by Gasteiger charge is 2.13. The van der Waals surface area contributed by atoms with Gasteiger partial charge >= 0.3 is 0 Å². The van der Waals surface area contributed by atoms with E-state index in [1.54, 1.807) is 0 Å². The number of hydrogen-bond donors (Lipinski definition) is 0. The third kappa shape index (κ3) is 1.68. The number of fused-ring (bicyclic) bond motifs is 3. The van der Waals surface area contributed by atoms with Crippen LogP contribution in [0.5, 0.6) is 0 Å². The Bertz CT molecular complexity index is 891. The van der Waals surface area contributed by atoms with E-state index >= 15 is 0 Å². The van der Waals surface area contributed by atoms with Crippen LogP contribution in [0.1, 0.15) is 0 Å². The highest BCUT2D eigenvalue weighted by molar-refractivity contribution is 9.10. The maximum atomic E-state index is 5.86. The molecule has 0 bridgehead atoms. The summed E-state index contributed by atoms with van der Waals surface area (Å²) in [4.78, 5) is 4.47. The Morgan fingerprint density at radius 1 is 0.895 bits per heavy atom. The summed E-state index contributed by atoms with van der Waals surface area (Å²) >= 11 is 3.28. The van der Waals surface area contributed by atoms with Crippen molar-refractivity contribution in [3.05, 3.63) is 53.2 Å². The molecule has 92 valence electrons. The average molecular weight is 314 g/mol. The van der Waals surface area contributed by atoms with Crippen molar-refractivity contribution in [1.82, 2.24) is 4.98 Å². The molecule has 0 saturated heterocycles. The van der Waals surface area contributed by atoms with Crippen molar-refractivity contribution in [3.63, 3.8) is 0 Å². The van der Waals surface area contributed by atoms with Crippen LogP contribution in [0.25, 0.3) is 33.5 Å². The predicted octanol–water partition coefficient (Wildman–Crippen LogP) is 5.00. The van der Waals surface area contributed by atoms with Crippen LogP contribution in [-0.4, -0.2) is 4.98 Å². The van der Waals surface area contributed by atoms with Crippen molar-refractivity contribution in [1.29, 1.82) is 0 Å². The van der Waals surface area contributed by atoms with E-state index in [2.05, 4.69) is 27.0 Å². The van der Waals surface area contributed by atoms with Crippen LogP contribution in [-0.2, 0) is 0 Å². The molecule has 0 fully saturated rings. The van der Waals surface area contributed by atoms with Crippen LogP contribution in [0, 0.1) is 0 Å². The van der Waals surface area contributed by atoms with Gasteiger partial charge in [-0.15, -0.1) is 0 Å². The lowest BCUT2D eigenvalue weighted by atomic mass is 10.1. The second-order valence-electron chi connectivity index (χ2n) is 4.26. The standard InChI is InChI=1S/C15H8BrNO2/c16-13-8-7-12(18-13)15-17-11-6-5-9-3-1-2-4-10(9)14(11)19-15/h1-8H. The van der Waals surface area contributed by atoms with Crippen molar-refractivity contribution in [3.8, 4) is 11.7 Å². The minimum absolute atomic E-state index is 0.497. The molecule has 2 aromatic carbocycles. The molecule has 0 unspecified atom stereocenters. The fourth-order valence-corrected chi connectivity index (χ4v) is 2.50. The molecule has 0 radical (unpaired) electrons. The van der Waals surface area contributed by atoms with Gasteiger partial charge in [0, 0.05) is 5.39 Å². The van der Waals surface area contributed by atoms with Crippen LogP contribution in [0.3, 0.4) is 0 Å². The number of nitrogens with zero attached hydrogens (tertiary/aromatic N) is 1. The summed E-state index contributed by atoms with van der Waals surface area (Å²) in [5.74, 6) is 1.12. The van der Waals surface area contributed by atoms with Crippen LogP contribution < -0.4 is 0 Å². The smallest absolute Gasteiger partial charge is 0.264 e. The number of rotatable bonds is 1. The Kier molecular flexibility index (Phi) is 2.26. The Labute approximate surface area is 117 Å². The first kappa shape index (κ1) is 10.8. The van der Waals surface area contributed by atoms with Crippen molar-refractivity contribution in [2.75, 3.05) is 0 Å². The minimum Gasteiger partial charge on any atom is -0.444 e. The number of aromatic nitrogens is 1. The van der Waals surface area contributed by atoms with E-state index in [1.807, 2.05) is 42.5 Å². The van der Waals surface area contributed by atoms with E-state index in [9.17, 15) is 0 Å². The van der Waals surface area contributed by atoms with E-state index < -0.39 is 0 Å². The molecule has 0 atom stereocenters. The molecule has 0 aliphatic heterocycles. The van der Waals surface area contributed by atoms with Gasteiger partial charge in [-0.2, -0.15) is 0 Å². The summed E-state index contributed by atoms with van der Waals surface area (Å²) in [5, 5.41) is 2.20. The molecular weight excluding hydrogens is 306 g/mol. The van der Waals surface area contributed by atoms with Crippen molar-refractivity contribution in [2.45, 2.75) is 0 Å². The van der Waals surface area contributed by atoms with E-state index in [4.69, 9.17) is 8.83 Å². The highest BCUT2D eigenvalue weighted by Crippen LogP contribution is 2.31.